The largest absolute Gasteiger partial charge is 0.494 e. The lowest BCUT2D eigenvalue weighted by atomic mass is 9.66. The van der Waals surface area contributed by atoms with Gasteiger partial charge < -0.3 is 29.3 Å². The van der Waals surface area contributed by atoms with E-state index in [4.69, 9.17) is 9.47 Å². The molecule has 3 unspecified atom stereocenters. The summed E-state index contributed by atoms with van der Waals surface area (Å²) in [5.74, 6) is -1.79. The first kappa shape index (κ1) is 34.7. The van der Waals surface area contributed by atoms with Crippen LogP contribution in [-0.4, -0.2) is 88.3 Å². The van der Waals surface area contributed by atoms with Crippen LogP contribution in [0.2, 0.25) is 0 Å². The van der Waals surface area contributed by atoms with Crippen LogP contribution >= 0.6 is 0 Å². The Morgan fingerprint density at radius 2 is 1.78 bits per heavy atom. The molecule has 0 saturated carbocycles. The third kappa shape index (κ3) is 5.94. The van der Waals surface area contributed by atoms with E-state index in [1.165, 1.54) is 0 Å². The van der Waals surface area contributed by atoms with E-state index in [9.17, 15) is 19.5 Å². The first-order valence-electron chi connectivity index (χ1n) is 16.7. The Hall–Kier alpha value is -3.17. The van der Waals surface area contributed by atoms with Gasteiger partial charge in [-0.3, -0.25) is 14.4 Å². The molecule has 2 bridgehead atoms. The van der Waals surface area contributed by atoms with Crippen molar-refractivity contribution in [3.05, 3.63) is 49.6 Å². The Morgan fingerprint density at radius 1 is 1.11 bits per heavy atom. The standard InChI is InChI=1S/C36H53N3O6/c1-9-14-25(7)37(21-10-2)34(43)31-36-20-19-35(8,45-36)29(30(36)33(42)39(31)28(23-40)24(6)12-4)32(41)38(22-11-3)26-15-17-27(18-16-26)44-13-5/h10-11,15-18,24-25,28-31,40H,2-3,9,12-14,19-23H2,1,4-8H3/t24-,25?,28-,29-,30-,31?,35+,36?/m0/s1. The molecule has 3 heterocycles. The number of ether oxygens (including phenoxy) is 2. The van der Waals surface area contributed by atoms with Crippen molar-refractivity contribution in [1.29, 1.82) is 0 Å². The Balaban J connectivity index is 1.83. The summed E-state index contributed by atoms with van der Waals surface area (Å²) in [5.41, 5.74) is -1.46. The summed E-state index contributed by atoms with van der Waals surface area (Å²) in [5, 5.41) is 10.7. The smallest absolute Gasteiger partial charge is 0.248 e. The summed E-state index contributed by atoms with van der Waals surface area (Å²) < 4.78 is 12.5. The van der Waals surface area contributed by atoms with Crippen LogP contribution in [0.5, 0.6) is 5.75 Å². The van der Waals surface area contributed by atoms with Crippen molar-refractivity contribution in [2.45, 2.75) is 103 Å². The highest BCUT2D eigenvalue weighted by atomic mass is 16.5. The Morgan fingerprint density at radius 3 is 2.33 bits per heavy atom. The van der Waals surface area contributed by atoms with Crippen molar-refractivity contribution in [1.82, 2.24) is 9.80 Å². The van der Waals surface area contributed by atoms with Crippen molar-refractivity contribution in [3.8, 4) is 5.75 Å². The van der Waals surface area contributed by atoms with Gasteiger partial charge in [0.25, 0.3) is 0 Å². The summed E-state index contributed by atoms with van der Waals surface area (Å²) in [7, 11) is 0. The molecule has 3 saturated heterocycles. The number of anilines is 1. The lowest BCUT2D eigenvalue weighted by molar-refractivity contribution is -0.157. The molecule has 45 heavy (non-hydrogen) atoms. The summed E-state index contributed by atoms with van der Waals surface area (Å²) in [6.45, 7) is 20.5. The fourth-order valence-electron chi connectivity index (χ4n) is 8.06. The van der Waals surface area contributed by atoms with E-state index in [2.05, 4.69) is 20.1 Å². The zero-order chi connectivity index (χ0) is 33.1. The number of nitrogens with zero attached hydrogens (tertiary/aromatic N) is 3. The quantitative estimate of drug-likeness (QED) is 0.261. The summed E-state index contributed by atoms with van der Waals surface area (Å²) in [6, 6.07) is 5.68. The van der Waals surface area contributed by atoms with E-state index in [-0.39, 0.29) is 42.8 Å². The molecule has 4 rings (SSSR count). The minimum absolute atomic E-state index is 0.0755. The van der Waals surface area contributed by atoms with Crippen LogP contribution in [0.25, 0.3) is 0 Å². The predicted octanol–water partition coefficient (Wildman–Crippen LogP) is 4.98. The number of aliphatic hydroxyl groups is 1. The minimum Gasteiger partial charge on any atom is -0.494 e. The lowest BCUT2D eigenvalue weighted by Gasteiger charge is -2.42. The highest BCUT2D eigenvalue weighted by Gasteiger charge is 2.79. The van der Waals surface area contributed by atoms with Crippen molar-refractivity contribution >= 4 is 23.4 Å². The average molecular weight is 624 g/mol. The van der Waals surface area contributed by atoms with Crippen LogP contribution in [0.1, 0.15) is 73.6 Å². The summed E-state index contributed by atoms with van der Waals surface area (Å²) in [4.78, 5) is 49.4. The minimum atomic E-state index is -1.19. The normalized spacial score (nSPS) is 28.7. The second-order valence-electron chi connectivity index (χ2n) is 13.2. The molecule has 1 N–H and O–H groups in total. The number of hydrogen-bond donors (Lipinski definition) is 1. The van der Waals surface area contributed by atoms with Gasteiger partial charge in [-0.05, 0) is 70.2 Å². The molecule has 8 atom stereocenters. The van der Waals surface area contributed by atoms with Gasteiger partial charge in [0.1, 0.15) is 17.4 Å². The van der Waals surface area contributed by atoms with Gasteiger partial charge in [-0.15, -0.1) is 13.2 Å². The zero-order valence-electron chi connectivity index (χ0n) is 28.0. The van der Waals surface area contributed by atoms with Crippen molar-refractivity contribution in [2.75, 3.05) is 31.2 Å². The number of carbonyl (C=O) groups excluding carboxylic acids is 3. The Bertz CT molecular complexity index is 1250. The third-order valence-electron chi connectivity index (χ3n) is 10.4. The molecule has 9 nitrogen and oxygen atoms in total. The molecule has 9 heteroatoms. The summed E-state index contributed by atoms with van der Waals surface area (Å²) >= 11 is 0. The second-order valence-corrected chi connectivity index (χ2v) is 13.2. The Labute approximate surface area is 269 Å². The molecular weight excluding hydrogens is 570 g/mol. The second kappa shape index (κ2) is 14.1. The van der Waals surface area contributed by atoms with E-state index in [0.29, 0.717) is 43.9 Å². The van der Waals surface area contributed by atoms with Gasteiger partial charge in [-0.25, -0.2) is 0 Å². The van der Waals surface area contributed by atoms with Crippen LogP contribution in [0.3, 0.4) is 0 Å². The molecule has 0 aliphatic carbocycles. The van der Waals surface area contributed by atoms with Crippen LogP contribution in [0, 0.1) is 17.8 Å². The van der Waals surface area contributed by atoms with Gasteiger partial charge in [0.2, 0.25) is 17.7 Å². The van der Waals surface area contributed by atoms with Crippen molar-refractivity contribution in [2.24, 2.45) is 17.8 Å². The van der Waals surface area contributed by atoms with Crippen LogP contribution in [-0.2, 0) is 19.1 Å². The highest BCUT2D eigenvalue weighted by molar-refractivity contribution is 6.03. The van der Waals surface area contributed by atoms with Crippen molar-refractivity contribution < 1.29 is 29.0 Å². The molecule has 3 fully saturated rings. The molecule has 3 aliphatic rings. The van der Waals surface area contributed by atoms with E-state index in [1.807, 2.05) is 58.9 Å². The number of amides is 3. The maximum Gasteiger partial charge on any atom is 0.248 e. The van der Waals surface area contributed by atoms with Gasteiger partial charge in [0, 0.05) is 24.8 Å². The fourth-order valence-corrected chi connectivity index (χ4v) is 8.06. The first-order chi connectivity index (χ1) is 21.5. The van der Waals surface area contributed by atoms with E-state index in [0.717, 1.165) is 12.8 Å². The third-order valence-corrected chi connectivity index (χ3v) is 10.4. The van der Waals surface area contributed by atoms with Crippen LogP contribution in [0.4, 0.5) is 5.69 Å². The van der Waals surface area contributed by atoms with Crippen LogP contribution in [0.15, 0.2) is 49.6 Å². The molecule has 0 radical (unpaired) electrons. The van der Waals surface area contributed by atoms with Gasteiger partial charge >= 0.3 is 0 Å². The number of benzene rings is 1. The molecule has 1 spiro atoms. The molecule has 3 amide bonds. The number of carbonyl (C=O) groups is 3. The number of likely N-dealkylation sites (tertiary alicyclic amines) is 1. The molecule has 3 aliphatic heterocycles. The van der Waals surface area contributed by atoms with Crippen LogP contribution < -0.4 is 9.64 Å². The number of aliphatic hydroxyl groups excluding tert-OH is 1. The average Bonchev–Trinajstić information content (AvgIpc) is 3.59. The van der Waals surface area contributed by atoms with Crippen molar-refractivity contribution in [3.63, 3.8) is 0 Å². The summed E-state index contributed by atoms with van der Waals surface area (Å²) in [6.07, 6.45) is 6.79. The maximum atomic E-state index is 14.8. The molecule has 1 aromatic rings. The first-order valence-corrected chi connectivity index (χ1v) is 16.7. The van der Waals surface area contributed by atoms with Gasteiger partial charge in [0.15, 0.2) is 0 Å². The van der Waals surface area contributed by atoms with E-state index >= 15 is 0 Å². The number of rotatable bonds is 16. The molecule has 1 aromatic carbocycles. The van der Waals surface area contributed by atoms with Gasteiger partial charge in [-0.1, -0.05) is 45.8 Å². The molecule has 248 valence electrons. The predicted molar refractivity (Wildman–Crippen MR) is 176 cm³/mol. The zero-order valence-corrected chi connectivity index (χ0v) is 28.0. The molecular formula is C36H53N3O6. The van der Waals surface area contributed by atoms with Gasteiger partial charge in [-0.2, -0.15) is 0 Å². The molecule has 0 aromatic heterocycles. The van der Waals surface area contributed by atoms with Gasteiger partial charge in [0.05, 0.1) is 36.7 Å². The van der Waals surface area contributed by atoms with E-state index < -0.39 is 35.1 Å². The topological polar surface area (TPSA) is 99.6 Å². The number of fused-ring (bicyclic) bond motifs is 1. The highest BCUT2D eigenvalue weighted by Crippen LogP contribution is 2.64. The van der Waals surface area contributed by atoms with E-state index in [1.54, 1.807) is 26.9 Å². The SMILES string of the molecule is C=CCN(C(=O)[C@@H]1[C@H]2C(=O)N([C@@H](CO)[C@@H](C)CC)C(C(=O)N(CC=C)C(C)CCC)C23CC[C@@]1(C)O3)c1ccc(OCC)cc1. The monoisotopic (exact) mass is 623 g/mol. The lowest BCUT2D eigenvalue weighted by Crippen LogP contribution is -2.61. The maximum absolute atomic E-state index is 14.8. The number of hydrogen-bond acceptors (Lipinski definition) is 6. The Kier molecular flexibility index (Phi) is 10.9. The fraction of sp³-hybridized carbons (Fsp3) is 0.639.